The molecule has 0 saturated carbocycles. The van der Waals surface area contributed by atoms with E-state index in [1.165, 1.54) is 0 Å². The molecule has 0 atom stereocenters. The molecule has 3 nitrogen and oxygen atoms in total. The third-order valence-corrected chi connectivity index (χ3v) is 0.867. The van der Waals surface area contributed by atoms with E-state index in [-0.39, 0.29) is 0 Å². The lowest BCUT2D eigenvalue weighted by Crippen LogP contribution is -2.28. The SMILES string of the molecule is CN(C)CNCCC=O. The second-order valence-corrected chi connectivity index (χ2v) is 2.19. The zero-order valence-corrected chi connectivity index (χ0v) is 6.05. The van der Waals surface area contributed by atoms with Gasteiger partial charge < -0.3 is 10.1 Å². The minimum Gasteiger partial charge on any atom is -0.304 e. The average molecular weight is 130 g/mol. The van der Waals surface area contributed by atoms with Crippen molar-refractivity contribution in [2.24, 2.45) is 0 Å². The van der Waals surface area contributed by atoms with Crippen LogP contribution in [0.1, 0.15) is 6.42 Å². The predicted octanol–water partition coefficient (Wildman–Crippen LogP) is -0.316. The molecule has 0 aliphatic heterocycles. The molecule has 0 rings (SSSR count). The molecule has 0 bridgehead atoms. The van der Waals surface area contributed by atoms with Crippen LogP contribution in [0.2, 0.25) is 0 Å². The number of carbonyl (C=O) groups is 1. The van der Waals surface area contributed by atoms with Crippen molar-refractivity contribution in [3.8, 4) is 0 Å². The van der Waals surface area contributed by atoms with Gasteiger partial charge in [-0.05, 0) is 14.1 Å². The topological polar surface area (TPSA) is 32.3 Å². The molecular weight excluding hydrogens is 116 g/mol. The Kier molecular flexibility index (Phi) is 5.46. The molecule has 0 saturated heterocycles. The molecule has 0 amide bonds. The number of nitrogens with zero attached hydrogens (tertiary/aromatic N) is 1. The highest BCUT2D eigenvalue weighted by atomic mass is 16.1. The number of carbonyl (C=O) groups excluding carboxylic acids is 1. The van der Waals surface area contributed by atoms with E-state index in [4.69, 9.17) is 0 Å². The molecule has 0 unspecified atom stereocenters. The van der Waals surface area contributed by atoms with E-state index >= 15 is 0 Å². The van der Waals surface area contributed by atoms with Crippen LogP contribution in [0, 0.1) is 0 Å². The number of rotatable bonds is 5. The molecule has 0 heterocycles. The molecule has 0 aromatic carbocycles. The maximum atomic E-state index is 9.80. The van der Waals surface area contributed by atoms with Gasteiger partial charge in [0.15, 0.2) is 0 Å². The van der Waals surface area contributed by atoms with E-state index in [0.717, 1.165) is 19.5 Å². The van der Waals surface area contributed by atoms with Gasteiger partial charge in [0, 0.05) is 19.6 Å². The lowest BCUT2D eigenvalue weighted by atomic mass is 10.5. The Morgan fingerprint density at radius 3 is 2.67 bits per heavy atom. The van der Waals surface area contributed by atoms with Crippen LogP contribution in [0.4, 0.5) is 0 Å². The van der Waals surface area contributed by atoms with Gasteiger partial charge in [0.05, 0.1) is 0 Å². The molecule has 0 radical (unpaired) electrons. The first-order valence-electron chi connectivity index (χ1n) is 3.06. The number of hydrogen-bond donors (Lipinski definition) is 1. The van der Waals surface area contributed by atoms with Crippen LogP contribution < -0.4 is 5.32 Å². The Labute approximate surface area is 56.0 Å². The van der Waals surface area contributed by atoms with Crippen LogP contribution in [-0.4, -0.2) is 38.5 Å². The zero-order valence-electron chi connectivity index (χ0n) is 6.05. The summed E-state index contributed by atoms with van der Waals surface area (Å²) in [5.74, 6) is 0. The van der Waals surface area contributed by atoms with Gasteiger partial charge in [-0.2, -0.15) is 0 Å². The molecule has 54 valence electrons. The van der Waals surface area contributed by atoms with Gasteiger partial charge in [-0.15, -0.1) is 0 Å². The summed E-state index contributed by atoms with van der Waals surface area (Å²) >= 11 is 0. The molecule has 0 fully saturated rings. The Balaban J connectivity index is 2.82. The summed E-state index contributed by atoms with van der Waals surface area (Å²) in [6.45, 7) is 1.62. The molecule has 9 heavy (non-hydrogen) atoms. The predicted molar refractivity (Wildman–Crippen MR) is 37.2 cm³/mol. The van der Waals surface area contributed by atoms with Crippen molar-refractivity contribution in [2.45, 2.75) is 6.42 Å². The van der Waals surface area contributed by atoms with Gasteiger partial charge in [0.2, 0.25) is 0 Å². The largest absolute Gasteiger partial charge is 0.304 e. The zero-order chi connectivity index (χ0) is 7.11. The third kappa shape index (κ3) is 7.59. The summed E-state index contributed by atoms with van der Waals surface area (Å²) in [6, 6.07) is 0. The summed E-state index contributed by atoms with van der Waals surface area (Å²) in [5.41, 5.74) is 0. The highest BCUT2D eigenvalue weighted by molar-refractivity contribution is 5.49. The maximum Gasteiger partial charge on any atom is 0.121 e. The quantitative estimate of drug-likeness (QED) is 0.314. The van der Waals surface area contributed by atoms with Crippen molar-refractivity contribution in [1.82, 2.24) is 10.2 Å². The second kappa shape index (κ2) is 5.72. The average Bonchev–Trinajstić information content (AvgIpc) is 1.80. The van der Waals surface area contributed by atoms with Crippen LogP contribution >= 0.6 is 0 Å². The van der Waals surface area contributed by atoms with Crippen molar-refractivity contribution in [2.75, 3.05) is 27.3 Å². The van der Waals surface area contributed by atoms with Crippen molar-refractivity contribution in [1.29, 1.82) is 0 Å². The highest BCUT2D eigenvalue weighted by Crippen LogP contribution is 1.69. The lowest BCUT2D eigenvalue weighted by molar-refractivity contribution is -0.107. The van der Waals surface area contributed by atoms with Crippen molar-refractivity contribution < 1.29 is 4.79 Å². The lowest BCUT2D eigenvalue weighted by Gasteiger charge is -2.08. The number of hydrogen-bond acceptors (Lipinski definition) is 3. The fourth-order valence-corrected chi connectivity index (χ4v) is 0.464. The van der Waals surface area contributed by atoms with Crippen LogP contribution in [0.15, 0.2) is 0 Å². The fraction of sp³-hybridized carbons (Fsp3) is 0.833. The standard InChI is InChI=1S/C6H14N2O/c1-8(2)6-7-4-3-5-9/h5,7H,3-4,6H2,1-2H3. The fourth-order valence-electron chi connectivity index (χ4n) is 0.464. The van der Waals surface area contributed by atoms with Gasteiger partial charge in [-0.3, -0.25) is 4.90 Å². The summed E-state index contributed by atoms with van der Waals surface area (Å²) in [5, 5.41) is 3.08. The van der Waals surface area contributed by atoms with E-state index in [2.05, 4.69) is 5.32 Å². The van der Waals surface area contributed by atoms with Crippen molar-refractivity contribution >= 4 is 6.29 Å². The Morgan fingerprint density at radius 2 is 2.22 bits per heavy atom. The summed E-state index contributed by atoms with van der Waals surface area (Å²) in [4.78, 5) is 11.8. The first kappa shape index (κ1) is 8.59. The Morgan fingerprint density at radius 1 is 1.56 bits per heavy atom. The van der Waals surface area contributed by atoms with E-state index in [1.54, 1.807) is 0 Å². The summed E-state index contributed by atoms with van der Waals surface area (Å²) < 4.78 is 0. The molecule has 3 heteroatoms. The van der Waals surface area contributed by atoms with Crippen LogP contribution in [0.3, 0.4) is 0 Å². The van der Waals surface area contributed by atoms with E-state index in [0.29, 0.717) is 6.42 Å². The monoisotopic (exact) mass is 130 g/mol. The summed E-state index contributed by atoms with van der Waals surface area (Å²) in [7, 11) is 3.96. The van der Waals surface area contributed by atoms with Gasteiger partial charge in [0.25, 0.3) is 0 Å². The molecule has 0 aliphatic rings. The second-order valence-electron chi connectivity index (χ2n) is 2.19. The van der Waals surface area contributed by atoms with Gasteiger partial charge in [-0.25, -0.2) is 0 Å². The maximum absolute atomic E-state index is 9.80. The van der Waals surface area contributed by atoms with Crippen LogP contribution in [0.5, 0.6) is 0 Å². The molecule has 0 aliphatic carbocycles. The Hall–Kier alpha value is -0.410. The van der Waals surface area contributed by atoms with E-state index < -0.39 is 0 Å². The van der Waals surface area contributed by atoms with Gasteiger partial charge in [0.1, 0.15) is 6.29 Å². The van der Waals surface area contributed by atoms with Crippen molar-refractivity contribution in [3.63, 3.8) is 0 Å². The van der Waals surface area contributed by atoms with Gasteiger partial charge >= 0.3 is 0 Å². The summed E-state index contributed by atoms with van der Waals surface area (Å²) in [6.07, 6.45) is 1.52. The molecular formula is C6H14N2O. The van der Waals surface area contributed by atoms with Crippen LogP contribution in [0.25, 0.3) is 0 Å². The van der Waals surface area contributed by atoms with E-state index in [1.807, 2.05) is 19.0 Å². The molecule has 0 aromatic rings. The Bertz CT molecular complexity index is 73.5. The number of nitrogens with one attached hydrogen (secondary N) is 1. The van der Waals surface area contributed by atoms with Crippen molar-refractivity contribution in [3.05, 3.63) is 0 Å². The molecule has 0 aromatic heterocycles. The van der Waals surface area contributed by atoms with E-state index in [9.17, 15) is 4.79 Å². The normalized spacial score (nSPS) is 10.1. The first-order chi connectivity index (χ1) is 4.27. The molecule has 1 N–H and O–H groups in total. The van der Waals surface area contributed by atoms with Crippen LogP contribution in [-0.2, 0) is 4.79 Å². The number of aldehydes is 1. The third-order valence-electron chi connectivity index (χ3n) is 0.867. The minimum absolute atomic E-state index is 0.605. The first-order valence-corrected chi connectivity index (χ1v) is 3.06. The molecule has 0 spiro atoms. The minimum atomic E-state index is 0.605. The highest BCUT2D eigenvalue weighted by Gasteiger charge is 1.86. The smallest absolute Gasteiger partial charge is 0.121 e. The van der Waals surface area contributed by atoms with Gasteiger partial charge in [-0.1, -0.05) is 0 Å².